The maximum absolute atomic E-state index is 11.7. The van der Waals surface area contributed by atoms with Gasteiger partial charge in [0.2, 0.25) is 0 Å². The lowest BCUT2D eigenvalue weighted by Crippen LogP contribution is -2.99. The van der Waals surface area contributed by atoms with E-state index in [1.807, 2.05) is 66.7 Å². The normalized spacial score (nSPS) is 12.1. The van der Waals surface area contributed by atoms with Gasteiger partial charge in [0.25, 0.3) is 0 Å². The average molecular weight is 378 g/mol. The molecule has 2 N–H and O–H groups in total. The minimum atomic E-state index is -1.03. The molecular formula is C21H16ClN3O2. The Morgan fingerprint density at radius 3 is 2.11 bits per heavy atom. The third-order valence-corrected chi connectivity index (χ3v) is 4.50. The molecule has 27 heavy (non-hydrogen) atoms. The van der Waals surface area contributed by atoms with Gasteiger partial charge in [-0.25, -0.2) is 9.89 Å². The highest BCUT2D eigenvalue weighted by Crippen LogP contribution is 2.31. The van der Waals surface area contributed by atoms with Crippen molar-refractivity contribution >= 4 is 17.3 Å². The molecule has 0 bridgehead atoms. The lowest BCUT2D eigenvalue weighted by atomic mass is 10.1. The zero-order valence-corrected chi connectivity index (χ0v) is 15.0. The molecule has 0 aliphatic heterocycles. The Balaban J connectivity index is 1.98. The summed E-state index contributed by atoms with van der Waals surface area (Å²) in [5.74, 6) is 0. The Hall–Kier alpha value is -2.96. The smallest absolute Gasteiger partial charge is 0.189 e. The molecule has 0 saturated carbocycles. The molecular weight excluding hydrogens is 362 g/mol. The summed E-state index contributed by atoms with van der Waals surface area (Å²) < 4.78 is 1.65. The van der Waals surface area contributed by atoms with E-state index in [1.165, 1.54) is 6.07 Å². The minimum Gasteiger partial charge on any atom is -0.595 e. The monoisotopic (exact) mass is 377 g/mol. The number of halogens is 1. The van der Waals surface area contributed by atoms with E-state index in [4.69, 9.17) is 16.7 Å². The molecule has 0 aliphatic rings. The van der Waals surface area contributed by atoms with Crippen molar-refractivity contribution in [2.45, 2.75) is 0 Å². The van der Waals surface area contributed by atoms with Crippen LogP contribution in [0.3, 0.4) is 0 Å². The van der Waals surface area contributed by atoms with Crippen LogP contribution < -0.4 is 5.23 Å². The van der Waals surface area contributed by atoms with Crippen LogP contribution >= 0.6 is 11.6 Å². The zero-order valence-electron chi connectivity index (χ0n) is 14.2. The average Bonchev–Trinajstić information content (AvgIpc) is 3.14. The standard InChI is InChI=1S/C21H16ClN3O2/c22-17-11-12-19(25(26)27)21(13-17)24-20(16-9-5-2-6-10-16)14-18(23-24)15-7-3-1-4-8-15/h1-14,25-26H. The summed E-state index contributed by atoms with van der Waals surface area (Å²) in [5, 5.41) is 25.5. The molecule has 0 radical (unpaired) electrons. The van der Waals surface area contributed by atoms with E-state index in [-0.39, 0.29) is 5.69 Å². The molecule has 1 heterocycles. The highest BCUT2D eigenvalue weighted by molar-refractivity contribution is 6.30. The molecule has 1 unspecified atom stereocenters. The Morgan fingerprint density at radius 2 is 1.48 bits per heavy atom. The molecule has 0 amide bonds. The fourth-order valence-corrected chi connectivity index (χ4v) is 3.16. The van der Waals surface area contributed by atoms with Crippen molar-refractivity contribution in [3.05, 3.63) is 95.2 Å². The SMILES string of the molecule is [O-][NH+](O)c1ccc(Cl)cc1-n1nc(-c2ccccc2)cc1-c1ccccc1. The summed E-state index contributed by atoms with van der Waals surface area (Å²) in [4.78, 5) is 0. The molecule has 0 fully saturated rings. The molecule has 4 aromatic rings. The highest BCUT2D eigenvalue weighted by atomic mass is 35.5. The summed E-state index contributed by atoms with van der Waals surface area (Å²) in [7, 11) is 0. The number of quaternary nitrogens is 1. The van der Waals surface area contributed by atoms with Gasteiger partial charge in [-0.15, -0.1) is 0 Å². The first-order valence-electron chi connectivity index (χ1n) is 8.37. The lowest BCUT2D eigenvalue weighted by Gasteiger charge is -2.17. The van der Waals surface area contributed by atoms with Gasteiger partial charge in [-0.2, -0.15) is 10.3 Å². The number of rotatable bonds is 4. The maximum atomic E-state index is 11.7. The summed E-state index contributed by atoms with van der Waals surface area (Å²) >= 11 is 6.16. The fraction of sp³-hybridized carbons (Fsp3) is 0. The molecule has 0 saturated heterocycles. The van der Waals surface area contributed by atoms with Gasteiger partial charge < -0.3 is 5.21 Å². The maximum Gasteiger partial charge on any atom is 0.189 e. The summed E-state index contributed by atoms with van der Waals surface area (Å²) in [6.07, 6.45) is 0. The van der Waals surface area contributed by atoms with Crippen molar-refractivity contribution in [3.63, 3.8) is 0 Å². The first kappa shape index (κ1) is 17.5. The van der Waals surface area contributed by atoms with E-state index < -0.39 is 5.23 Å². The predicted molar refractivity (Wildman–Crippen MR) is 105 cm³/mol. The number of nitrogens with one attached hydrogen (secondary N) is 1. The molecule has 1 aromatic heterocycles. The second-order valence-electron chi connectivity index (χ2n) is 6.03. The highest BCUT2D eigenvalue weighted by Gasteiger charge is 2.19. The van der Waals surface area contributed by atoms with E-state index in [0.717, 1.165) is 22.5 Å². The van der Waals surface area contributed by atoms with Crippen molar-refractivity contribution in [1.29, 1.82) is 0 Å². The van der Waals surface area contributed by atoms with Crippen molar-refractivity contribution in [1.82, 2.24) is 9.78 Å². The van der Waals surface area contributed by atoms with Gasteiger partial charge in [-0.3, -0.25) is 0 Å². The molecule has 0 aliphatic carbocycles. The Kier molecular flexibility index (Phi) is 4.75. The van der Waals surface area contributed by atoms with E-state index in [9.17, 15) is 10.4 Å². The molecule has 4 rings (SSSR count). The van der Waals surface area contributed by atoms with Crippen LogP contribution in [0.2, 0.25) is 5.02 Å². The largest absolute Gasteiger partial charge is 0.595 e. The van der Waals surface area contributed by atoms with Crippen LogP contribution in [0.25, 0.3) is 28.2 Å². The number of nitrogens with zero attached hydrogens (tertiary/aromatic N) is 2. The van der Waals surface area contributed by atoms with E-state index in [0.29, 0.717) is 10.7 Å². The Bertz CT molecular complexity index is 1060. The summed E-state index contributed by atoms with van der Waals surface area (Å²) in [5.41, 5.74) is 4.00. The van der Waals surface area contributed by atoms with Gasteiger partial charge in [0.05, 0.1) is 11.4 Å². The molecule has 5 nitrogen and oxygen atoms in total. The predicted octanol–water partition coefficient (Wildman–Crippen LogP) is 4.26. The van der Waals surface area contributed by atoms with Crippen LogP contribution in [0.15, 0.2) is 84.9 Å². The number of aromatic nitrogens is 2. The first-order valence-corrected chi connectivity index (χ1v) is 8.75. The van der Waals surface area contributed by atoms with Gasteiger partial charge in [0, 0.05) is 22.2 Å². The third-order valence-electron chi connectivity index (χ3n) is 4.27. The van der Waals surface area contributed by atoms with E-state index in [2.05, 4.69) is 0 Å². The van der Waals surface area contributed by atoms with Gasteiger partial charge in [-0.05, 0) is 18.2 Å². The second-order valence-corrected chi connectivity index (χ2v) is 6.46. The zero-order chi connectivity index (χ0) is 18.8. The van der Waals surface area contributed by atoms with Crippen LogP contribution in [-0.2, 0) is 0 Å². The van der Waals surface area contributed by atoms with Gasteiger partial charge in [-0.1, -0.05) is 72.3 Å². The molecule has 6 heteroatoms. The van der Waals surface area contributed by atoms with Crippen LogP contribution in [-0.4, -0.2) is 15.0 Å². The summed E-state index contributed by atoms with van der Waals surface area (Å²) in [6, 6.07) is 26.2. The minimum absolute atomic E-state index is 0.138. The third kappa shape index (κ3) is 3.49. The fourth-order valence-electron chi connectivity index (χ4n) is 2.99. The van der Waals surface area contributed by atoms with Crippen LogP contribution in [0.4, 0.5) is 5.69 Å². The van der Waals surface area contributed by atoms with Crippen LogP contribution in [0.1, 0.15) is 0 Å². The van der Waals surface area contributed by atoms with Gasteiger partial charge >= 0.3 is 0 Å². The van der Waals surface area contributed by atoms with Crippen molar-refractivity contribution in [2.24, 2.45) is 0 Å². The number of hydrogen-bond donors (Lipinski definition) is 2. The van der Waals surface area contributed by atoms with Gasteiger partial charge in [0.15, 0.2) is 5.69 Å². The summed E-state index contributed by atoms with van der Waals surface area (Å²) in [6.45, 7) is 0. The van der Waals surface area contributed by atoms with Crippen molar-refractivity contribution < 1.29 is 10.4 Å². The second kappa shape index (κ2) is 7.34. The first-order chi connectivity index (χ1) is 13.1. The topological polar surface area (TPSA) is 65.6 Å². The van der Waals surface area contributed by atoms with Crippen LogP contribution in [0, 0.1) is 5.21 Å². The molecule has 1 atom stereocenters. The number of benzene rings is 3. The Labute approximate surface area is 161 Å². The van der Waals surface area contributed by atoms with E-state index in [1.54, 1.807) is 16.8 Å². The number of hydrogen-bond acceptors (Lipinski definition) is 3. The Morgan fingerprint density at radius 1 is 0.852 bits per heavy atom. The van der Waals surface area contributed by atoms with Crippen molar-refractivity contribution in [3.8, 4) is 28.2 Å². The van der Waals surface area contributed by atoms with Gasteiger partial charge in [0.1, 0.15) is 5.69 Å². The van der Waals surface area contributed by atoms with E-state index >= 15 is 0 Å². The van der Waals surface area contributed by atoms with Crippen molar-refractivity contribution in [2.75, 3.05) is 0 Å². The molecule has 0 spiro atoms. The lowest BCUT2D eigenvalue weighted by molar-refractivity contribution is -0.991. The molecule has 134 valence electrons. The molecule has 3 aromatic carbocycles. The van der Waals surface area contributed by atoms with Crippen LogP contribution in [0.5, 0.6) is 0 Å². The quantitative estimate of drug-likeness (QED) is 0.522.